The second-order valence-corrected chi connectivity index (χ2v) is 6.51. The number of carbonyl (C=O) groups excluding carboxylic acids is 1. The summed E-state index contributed by atoms with van der Waals surface area (Å²) in [6.45, 7) is 0.663. The average molecular weight is 344 g/mol. The van der Waals surface area contributed by atoms with E-state index in [1.807, 2.05) is 49.3 Å². The van der Waals surface area contributed by atoms with Crippen molar-refractivity contribution in [2.24, 2.45) is 0 Å². The quantitative estimate of drug-likeness (QED) is 0.812. The van der Waals surface area contributed by atoms with Gasteiger partial charge in [-0.3, -0.25) is 4.79 Å². The van der Waals surface area contributed by atoms with Gasteiger partial charge in [-0.05, 0) is 49.8 Å². The average Bonchev–Trinajstić information content (AvgIpc) is 2.60. The van der Waals surface area contributed by atoms with E-state index in [-0.39, 0.29) is 12.3 Å². The highest BCUT2D eigenvalue weighted by Crippen LogP contribution is 2.31. The molecule has 4 nitrogen and oxygen atoms in total. The Balaban J connectivity index is 2.43. The van der Waals surface area contributed by atoms with E-state index in [1.54, 1.807) is 0 Å². The van der Waals surface area contributed by atoms with Gasteiger partial charge in [0.05, 0.1) is 5.60 Å². The molecule has 5 heteroatoms. The van der Waals surface area contributed by atoms with E-state index in [1.165, 1.54) is 25.2 Å². The van der Waals surface area contributed by atoms with Crippen LogP contribution < -0.4 is 5.32 Å². The molecule has 0 saturated heterocycles. The summed E-state index contributed by atoms with van der Waals surface area (Å²) in [6.07, 6.45) is 0.624. The molecule has 0 fully saturated rings. The summed E-state index contributed by atoms with van der Waals surface area (Å²) in [7, 11) is 5.40. The molecule has 1 amide bonds. The number of hydrogen-bond donors (Lipinski definition) is 2. The summed E-state index contributed by atoms with van der Waals surface area (Å²) in [6, 6.07) is 13.4. The zero-order valence-electron chi connectivity index (χ0n) is 14.9. The van der Waals surface area contributed by atoms with Crippen LogP contribution in [-0.2, 0) is 12.0 Å². The number of benzene rings is 2. The summed E-state index contributed by atoms with van der Waals surface area (Å²) in [5, 5.41) is 13.9. The van der Waals surface area contributed by atoms with Crippen LogP contribution in [0.25, 0.3) is 0 Å². The second kappa shape index (κ2) is 8.23. The molecule has 0 bridgehead atoms. The van der Waals surface area contributed by atoms with E-state index >= 15 is 0 Å². The lowest BCUT2D eigenvalue weighted by Crippen LogP contribution is -2.34. The van der Waals surface area contributed by atoms with Gasteiger partial charge < -0.3 is 15.3 Å². The molecular formula is C20H25FN2O2. The normalized spacial score (nSPS) is 13.5. The molecule has 2 N–H and O–H groups in total. The Morgan fingerprint density at radius 1 is 1.20 bits per heavy atom. The van der Waals surface area contributed by atoms with Crippen molar-refractivity contribution in [1.29, 1.82) is 0 Å². The molecule has 0 radical (unpaired) electrons. The zero-order chi connectivity index (χ0) is 18.4. The van der Waals surface area contributed by atoms with Gasteiger partial charge in [-0.1, -0.05) is 30.3 Å². The van der Waals surface area contributed by atoms with Gasteiger partial charge >= 0.3 is 0 Å². The number of carbonyl (C=O) groups is 1. The molecule has 0 aromatic heterocycles. The molecule has 0 heterocycles. The maximum absolute atomic E-state index is 13.8. The first-order valence-corrected chi connectivity index (χ1v) is 8.29. The number of halogens is 1. The van der Waals surface area contributed by atoms with Gasteiger partial charge in [0.1, 0.15) is 5.82 Å². The largest absolute Gasteiger partial charge is 0.385 e. The number of amides is 1. The van der Waals surface area contributed by atoms with E-state index in [0.717, 1.165) is 5.56 Å². The van der Waals surface area contributed by atoms with Crippen LogP contribution in [0.5, 0.6) is 0 Å². The highest BCUT2D eigenvalue weighted by Gasteiger charge is 2.31. The van der Waals surface area contributed by atoms with Gasteiger partial charge in [0.15, 0.2) is 0 Å². The van der Waals surface area contributed by atoms with Crippen LogP contribution in [-0.4, -0.2) is 43.6 Å². The minimum Gasteiger partial charge on any atom is -0.385 e. The standard InChI is InChI=1S/C20H25FN2O2/c1-22-19(24)18-10-9-17(21)13-15(18)14-20(25,11-12-23(2)3)16-7-5-4-6-8-16/h4-10,13,25H,11-12,14H2,1-3H3,(H,22,24). The van der Waals surface area contributed by atoms with Crippen molar-refractivity contribution >= 4 is 5.91 Å². The summed E-state index contributed by atoms with van der Waals surface area (Å²) >= 11 is 0. The van der Waals surface area contributed by atoms with Crippen LogP contribution in [0.15, 0.2) is 48.5 Å². The molecule has 134 valence electrons. The predicted octanol–water partition coefficient (Wildman–Crippen LogP) is 2.57. The Kier molecular flexibility index (Phi) is 6.28. The fourth-order valence-electron chi connectivity index (χ4n) is 2.87. The number of rotatable bonds is 7. The SMILES string of the molecule is CNC(=O)c1ccc(F)cc1CC(O)(CCN(C)C)c1ccccc1. The maximum Gasteiger partial charge on any atom is 0.251 e. The fourth-order valence-corrected chi connectivity index (χ4v) is 2.87. The van der Waals surface area contributed by atoms with E-state index in [0.29, 0.717) is 24.1 Å². The maximum atomic E-state index is 13.8. The molecule has 2 aromatic carbocycles. The van der Waals surface area contributed by atoms with Crippen LogP contribution in [0, 0.1) is 5.82 Å². The molecule has 0 spiro atoms. The van der Waals surface area contributed by atoms with Gasteiger partial charge in [-0.15, -0.1) is 0 Å². The van der Waals surface area contributed by atoms with Gasteiger partial charge in [-0.25, -0.2) is 4.39 Å². The van der Waals surface area contributed by atoms with Crippen LogP contribution in [0.1, 0.15) is 27.9 Å². The molecule has 2 rings (SSSR count). The first kappa shape index (κ1) is 19.1. The lowest BCUT2D eigenvalue weighted by Gasteiger charge is -2.31. The minimum absolute atomic E-state index is 0.158. The van der Waals surface area contributed by atoms with E-state index < -0.39 is 11.4 Å². The summed E-state index contributed by atoms with van der Waals surface area (Å²) in [4.78, 5) is 14.1. The minimum atomic E-state index is -1.19. The van der Waals surface area contributed by atoms with Crippen LogP contribution in [0.4, 0.5) is 4.39 Å². The van der Waals surface area contributed by atoms with Crippen molar-refractivity contribution in [3.8, 4) is 0 Å². The lowest BCUT2D eigenvalue weighted by atomic mass is 9.83. The molecule has 25 heavy (non-hydrogen) atoms. The Labute approximate surface area is 148 Å². The molecular weight excluding hydrogens is 319 g/mol. The Morgan fingerprint density at radius 2 is 1.88 bits per heavy atom. The van der Waals surface area contributed by atoms with Crippen LogP contribution in [0.2, 0.25) is 0 Å². The predicted molar refractivity (Wildman–Crippen MR) is 97.0 cm³/mol. The highest BCUT2D eigenvalue weighted by molar-refractivity contribution is 5.95. The number of hydrogen-bond acceptors (Lipinski definition) is 3. The summed E-state index contributed by atoms with van der Waals surface area (Å²) in [5.41, 5.74) is 0.429. The Bertz CT molecular complexity index is 719. The van der Waals surface area contributed by atoms with Crippen LogP contribution in [0.3, 0.4) is 0 Å². The first-order chi connectivity index (χ1) is 11.9. The van der Waals surface area contributed by atoms with Gasteiger partial charge in [0.2, 0.25) is 0 Å². The third-order valence-electron chi connectivity index (χ3n) is 4.31. The fraction of sp³-hybridized carbons (Fsp3) is 0.350. The lowest BCUT2D eigenvalue weighted by molar-refractivity contribution is 0.0210. The monoisotopic (exact) mass is 344 g/mol. The molecule has 0 aliphatic heterocycles. The highest BCUT2D eigenvalue weighted by atomic mass is 19.1. The summed E-state index contributed by atoms with van der Waals surface area (Å²) in [5.74, 6) is -0.719. The van der Waals surface area contributed by atoms with Crippen molar-refractivity contribution < 1.29 is 14.3 Å². The van der Waals surface area contributed by atoms with Gasteiger partial charge in [-0.2, -0.15) is 0 Å². The first-order valence-electron chi connectivity index (χ1n) is 8.29. The topological polar surface area (TPSA) is 52.6 Å². The molecule has 1 atom stereocenters. The van der Waals surface area contributed by atoms with Crippen molar-refractivity contribution in [2.45, 2.75) is 18.4 Å². The van der Waals surface area contributed by atoms with E-state index in [4.69, 9.17) is 0 Å². The van der Waals surface area contributed by atoms with Gasteiger partial charge in [0.25, 0.3) is 5.91 Å². The third-order valence-corrected chi connectivity index (χ3v) is 4.31. The van der Waals surface area contributed by atoms with E-state index in [9.17, 15) is 14.3 Å². The van der Waals surface area contributed by atoms with Crippen LogP contribution >= 0.6 is 0 Å². The molecule has 1 unspecified atom stereocenters. The molecule has 0 aliphatic carbocycles. The molecule has 2 aromatic rings. The number of aliphatic hydroxyl groups is 1. The van der Waals surface area contributed by atoms with Crippen molar-refractivity contribution in [2.75, 3.05) is 27.7 Å². The van der Waals surface area contributed by atoms with Crippen molar-refractivity contribution in [3.05, 3.63) is 71.0 Å². The van der Waals surface area contributed by atoms with Crippen molar-refractivity contribution in [1.82, 2.24) is 10.2 Å². The number of nitrogens with zero attached hydrogens (tertiary/aromatic N) is 1. The summed E-state index contributed by atoms with van der Waals surface area (Å²) < 4.78 is 13.8. The Morgan fingerprint density at radius 3 is 2.48 bits per heavy atom. The number of nitrogens with one attached hydrogen (secondary N) is 1. The van der Waals surface area contributed by atoms with Crippen molar-refractivity contribution in [3.63, 3.8) is 0 Å². The second-order valence-electron chi connectivity index (χ2n) is 6.51. The van der Waals surface area contributed by atoms with Gasteiger partial charge in [0, 0.05) is 25.6 Å². The molecule has 0 saturated carbocycles. The zero-order valence-corrected chi connectivity index (χ0v) is 14.9. The van der Waals surface area contributed by atoms with E-state index in [2.05, 4.69) is 5.32 Å². The third kappa shape index (κ3) is 4.87. The Hall–Kier alpha value is -2.24. The molecule has 0 aliphatic rings. The smallest absolute Gasteiger partial charge is 0.251 e.